The molecule has 29 heavy (non-hydrogen) atoms. The number of para-hydroxylation sites is 1. The van der Waals surface area contributed by atoms with Crippen LogP contribution >= 0.6 is 0 Å². The first-order valence-electron chi connectivity index (χ1n) is 9.70. The summed E-state index contributed by atoms with van der Waals surface area (Å²) in [5, 5.41) is 2.86. The zero-order valence-electron chi connectivity index (χ0n) is 16.2. The third-order valence-electron chi connectivity index (χ3n) is 4.95. The zero-order valence-corrected chi connectivity index (χ0v) is 16.2. The molecule has 2 amide bonds. The lowest BCUT2D eigenvalue weighted by Gasteiger charge is -2.17. The molecule has 1 aliphatic heterocycles. The van der Waals surface area contributed by atoms with Crippen molar-refractivity contribution in [1.82, 2.24) is 0 Å². The van der Waals surface area contributed by atoms with Gasteiger partial charge < -0.3 is 15.0 Å². The molecule has 0 aliphatic carbocycles. The number of amides is 2. The van der Waals surface area contributed by atoms with Crippen molar-refractivity contribution in [3.05, 3.63) is 89.5 Å². The summed E-state index contributed by atoms with van der Waals surface area (Å²) in [4.78, 5) is 27.1. The highest BCUT2D eigenvalue weighted by molar-refractivity contribution is 6.08. The maximum absolute atomic E-state index is 12.9. The first kappa shape index (κ1) is 18.7. The van der Waals surface area contributed by atoms with Crippen LogP contribution in [0.5, 0.6) is 5.75 Å². The van der Waals surface area contributed by atoms with Gasteiger partial charge in [0.05, 0.1) is 6.61 Å². The van der Waals surface area contributed by atoms with Crippen LogP contribution in [0.4, 0.5) is 11.4 Å². The molecule has 4 rings (SSSR count). The maximum atomic E-state index is 12.9. The molecule has 1 N–H and O–H groups in total. The molecule has 0 saturated carbocycles. The fourth-order valence-electron chi connectivity index (χ4n) is 3.47. The van der Waals surface area contributed by atoms with E-state index in [1.54, 1.807) is 48.5 Å². The van der Waals surface area contributed by atoms with Crippen molar-refractivity contribution in [2.45, 2.75) is 13.3 Å². The summed E-state index contributed by atoms with van der Waals surface area (Å²) >= 11 is 0. The van der Waals surface area contributed by atoms with Crippen molar-refractivity contribution < 1.29 is 14.3 Å². The van der Waals surface area contributed by atoms with Crippen LogP contribution in [-0.2, 0) is 6.42 Å². The van der Waals surface area contributed by atoms with Gasteiger partial charge in [-0.15, -0.1) is 0 Å². The quantitative estimate of drug-likeness (QED) is 0.700. The smallest absolute Gasteiger partial charge is 0.258 e. The van der Waals surface area contributed by atoms with Crippen LogP contribution in [0.3, 0.4) is 0 Å². The second-order valence-corrected chi connectivity index (χ2v) is 6.82. The third-order valence-corrected chi connectivity index (χ3v) is 4.95. The highest BCUT2D eigenvalue weighted by atomic mass is 16.5. The SMILES string of the molecule is CCOc1ccc(C(=O)Nc2ccc(C(=O)N3CCc4ccccc43)cc2)cc1. The van der Waals surface area contributed by atoms with Gasteiger partial charge in [0.1, 0.15) is 5.75 Å². The van der Waals surface area contributed by atoms with E-state index < -0.39 is 0 Å². The predicted molar refractivity (Wildman–Crippen MR) is 114 cm³/mol. The van der Waals surface area contributed by atoms with Crippen molar-refractivity contribution in [2.24, 2.45) is 0 Å². The first-order valence-corrected chi connectivity index (χ1v) is 9.70. The second-order valence-electron chi connectivity index (χ2n) is 6.82. The lowest BCUT2D eigenvalue weighted by Crippen LogP contribution is -2.28. The van der Waals surface area contributed by atoms with Crippen LogP contribution < -0.4 is 15.0 Å². The Labute approximate surface area is 169 Å². The van der Waals surface area contributed by atoms with E-state index in [1.165, 1.54) is 5.56 Å². The Morgan fingerprint density at radius 3 is 2.34 bits per heavy atom. The number of hydrogen-bond donors (Lipinski definition) is 1. The van der Waals surface area contributed by atoms with Crippen molar-refractivity contribution >= 4 is 23.2 Å². The van der Waals surface area contributed by atoms with E-state index in [9.17, 15) is 9.59 Å². The minimum Gasteiger partial charge on any atom is -0.494 e. The highest BCUT2D eigenvalue weighted by Crippen LogP contribution is 2.29. The van der Waals surface area contributed by atoms with E-state index in [-0.39, 0.29) is 11.8 Å². The van der Waals surface area contributed by atoms with Gasteiger partial charge in [-0.25, -0.2) is 0 Å². The van der Waals surface area contributed by atoms with Gasteiger partial charge in [0, 0.05) is 29.0 Å². The Morgan fingerprint density at radius 2 is 1.62 bits per heavy atom. The summed E-state index contributed by atoms with van der Waals surface area (Å²) in [6, 6.07) is 22.0. The van der Waals surface area contributed by atoms with Gasteiger partial charge in [-0.2, -0.15) is 0 Å². The number of nitrogens with zero attached hydrogens (tertiary/aromatic N) is 1. The van der Waals surface area contributed by atoms with Crippen molar-refractivity contribution in [3.8, 4) is 5.75 Å². The fourth-order valence-corrected chi connectivity index (χ4v) is 3.47. The number of nitrogens with one attached hydrogen (secondary N) is 1. The van der Waals surface area contributed by atoms with Gasteiger partial charge in [-0.05, 0) is 73.5 Å². The maximum Gasteiger partial charge on any atom is 0.258 e. The van der Waals surface area contributed by atoms with E-state index in [1.807, 2.05) is 30.0 Å². The Bertz CT molecular complexity index is 1030. The van der Waals surface area contributed by atoms with Crippen LogP contribution in [0.1, 0.15) is 33.2 Å². The summed E-state index contributed by atoms with van der Waals surface area (Å²) in [6.07, 6.45) is 0.873. The van der Waals surface area contributed by atoms with Crippen LogP contribution in [0.15, 0.2) is 72.8 Å². The molecule has 0 unspecified atom stereocenters. The molecule has 5 nitrogen and oxygen atoms in total. The van der Waals surface area contributed by atoms with Crippen LogP contribution in [0, 0.1) is 0 Å². The molecule has 0 fully saturated rings. The van der Waals surface area contributed by atoms with E-state index in [0.29, 0.717) is 30.0 Å². The van der Waals surface area contributed by atoms with E-state index in [2.05, 4.69) is 11.4 Å². The van der Waals surface area contributed by atoms with Gasteiger partial charge >= 0.3 is 0 Å². The molecule has 5 heteroatoms. The third kappa shape index (κ3) is 3.99. The summed E-state index contributed by atoms with van der Waals surface area (Å²) in [5.74, 6) is 0.496. The summed E-state index contributed by atoms with van der Waals surface area (Å²) < 4.78 is 5.39. The minimum atomic E-state index is -0.208. The number of carbonyl (C=O) groups excluding carboxylic acids is 2. The predicted octanol–water partition coefficient (Wildman–Crippen LogP) is 4.54. The number of ether oxygens (including phenoxy) is 1. The minimum absolute atomic E-state index is 0.0284. The van der Waals surface area contributed by atoms with E-state index in [4.69, 9.17) is 4.74 Å². The van der Waals surface area contributed by atoms with Gasteiger partial charge in [0.2, 0.25) is 0 Å². The Kier molecular flexibility index (Phi) is 5.29. The molecule has 0 saturated heterocycles. The molecule has 3 aromatic rings. The molecular weight excluding hydrogens is 364 g/mol. The molecule has 0 atom stereocenters. The number of hydrogen-bond acceptors (Lipinski definition) is 3. The Hall–Kier alpha value is -3.60. The molecule has 0 radical (unpaired) electrons. The lowest BCUT2D eigenvalue weighted by atomic mass is 10.1. The molecule has 0 bridgehead atoms. The number of rotatable bonds is 5. The van der Waals surface area contributed by atoms with Crippen molar-refractivity contribution in [1.29, 1.82) is 0 Å². The molecule has 146 valence electrons. The molecule has 3 aromatic carbocycles. The van der Waals surface area contributed by atoms with Crippen LogP contribution in [0.25, 0.3) is 0 Å². The van der Waals surface area contributed by atoms with Crippen molar-refractivity contribution in [2.75, 3.05) is 23.4 Å². The normalized spacial score (nSPS) is 12.4. The van der Waals surface area contributed by atoms with E-state index in [0.717, 1.165) is 17.9 Å². The lowest BCUT2D eigenvalue weighted by molar-refractivity contribution is 0.0988. The zero-order chi connectivity index (χ0) is 20.2. The molecule has 0 aromatic heterocycles. The van der Waals surface area contributed by atoms with Gasteiger partial charge in [0.25, 0.3) is 11.8 Å². The van der Waals surface area contributed by atoms with Gasteiger partial charge in [-0.3, -0.25) is 9.59 Å². The average Bonchev–Trinajstić information content (AvgIpc) is 3.19. The number of anilines is 2. The summed E-state index contributed by atoms with van der Waals surface area (Å²) in [6.45, 7) is 3.19. The monoisotopic (exact) mass is 386 g/mol. The first-order chi connectivity index (χ1) is 14.2. The number of fused-ring (bicyclic) bond motifs is 1. The van der Waals surface area contributed by atoms with Crippen LogP contribution in [0.2, 0.25) is 0 Å². The van der Waals surface area contributed by atoms with Crippen molar-refractivity contribution in [3.63, 3.8) is 0 Å². The van der Waals surface area contributed by atoms with Gasteiger partial charge in [-0.1, -0.05) is 18.2 Å². The average molecular weight is 386 g/mol. The highest BCUT2D eigenvalue weighted by Gasteiger charge is 2.25. The van der Waals surface area contributed by atoms with Gasteiger partial charge in [0.15, 0.2) is 0 Å². The second kappa shape index (κ2) is 8.19. The fraction of sp³-hybridized carbons (Fsp3) is 0.167. The largest absolute Gasteiger partial charge is 0.494 e. The Morgan fingerprint density at radius 1 is 0.931 bits per heavy atom. The van der Waals surface area contributed by atoms with Crippen LogP contribution in [-0.4, -0.2) is 25.0 Å². The molecule has 1 aliphatic rings. The standard InChI is InChI=1S/C24H22N2O3/c1-2-29-21-13-9-18(10-14-21)23(27)25-20-11-7-19(8-12-20)24(28)26-16-15-17-5-3-4-6-22(17)26/h3-14H,2,15-16H2,1H3,(H,25,27). The Balaban J connectivity index is 1.43. The molecule has 1 heterocycles. The summed E-state index contributed by atoms with van der Waals surface area (Å²) in [7, 11) is 0. The molecule has 0 spiro atoms. The topological polar surface area (TPSA) is 58.6 Å². The van der Waals surface area contributed by atoms with E-state index >= 15 is 0 Å². The number of benzene rings is 3. The summed E-state index contributed by atoms with van der Waals surface area (Å²) in [5.41, 5.74) is 3.95. The molecular formula is C24H22N2O3. The number of carbonyl (C=O) groups is 2.